The fourth-order valence-electron chi connectivity index (χ4n) is 3.38. The lowest BCUT2D eigenvalue weighted by Gasteiger charge is -2.42. The van der Waals surface area contributed by atoms with Gasteiger partial charge in [-0.15, -0.1) is 5.11 Å². The SMILES string of the molecule is CS1(c2cc3cc(S(=O)(=O)O)cc(Nc4nc(Cl)nc(Cl)n4)c3c(O)c2N=Nc2ccccc2)OOO1. The van der Waals surface area contributed by atoms with Gasteiger partial charge in [0.1, 0.15) is 0 Å². The first kappa shape index (κ1) is 25.5. The number of hydrogen-bond acceptors (Lipinski definition) is 12. The number of benzene rings is 3. The van der Waals surface area contributed by atoms with E-state index in [0.717, 1.165) is 12.1 Å². The van der Waals surface area contributed by atoms with Crippen LogP contribution in [0.5, 0.6) is 5.75 Å². The van der Waals surface area contributed by atoms with Crippen molar-refractivity contribution in [3.63, 3.8) is 0 Å². The molecule has 3 N–H and O–H groups in total. The molecule has 17 heteroatoms. The number of halogens is 2. The smallest absolute Gasteiger partial charge is 0.294 e. The Labute approximate surface area is 220 Å². The molecule has 3 aromatic carbocycles. The van der Waals surface area contributed by atoms with Gasteiger partial charge in [0.2, 0.25) is 16.5 Å². The molecular formula is C20H14Cl2N6O7S2. The third kappa shape index (κ3) is 5.16. The van der Waals surface area contributed by atoms with Gasteiger partial charge in [0, 0.05) is 11.6 Å². The van der Waals surface area contributed by atoms with Crippen molar-refractivity contribution in [3.05, 3.63) is 59.1 Å². The van der Waals surface area contributed by atoms with Crippen molar-refractivity contribution >= 4 is 77.7 Å². The van der Waals surface area contributed by atoms with Crippen LogP contribution in [0.25, 0.3) is 10.8 Å². The van der Waals surface area contributed by atoms with Crippen LogP contribution in [0.4, 0.5) is 23.0 Å². The van der Waals surface area contributed by atoms with Crippen molar-refractivity contribution in [2.75, 3.05) is 11.6 Å². The molecule has 0 unspecified atom stereocenters. The second kappa shape index (κ2) is 9.62. The highest BCUT2D eigenvalue weighted by Crippen LogP contribution is 2.66. The van der Waals surface area contributed by atoms with Crippen molar-refractivity contribution in [2.45, 2.75) is 9.79 Å². The van der Waals surface area contributed by atoms with E-state index in [9.17, 15) is 18.1 Å². The fourth-order valence-corrected chi connectivity index (χ4v) is 5.48. The number of azo groups is 1. The number of aromatic hydroxyl groups is 1. The van der Waals surface area contributed by atoms with Crippen LogP contribution in [-0.4, -0.2) is 39.3 Å². The lowest BCUT2D eigenvalue weighted by atomic mass is 10.1. The molecule has 1 aliphatic rings. The van der Waals surface area contributed by atoms with E-state index < -0.39 is 31.4 Å². The second-order valence-electron chi connectivity index (χ2n) is 7.45. The molecule has 5 rings (SSSR count). The van der Waals surface area contributed by atoms with Crippen LogP contribution in [0.2, 0.25) is 10.6 Å². The average molecular weight is 585 g/mol. The van der Waals surface area contributed by atoms with Gasteiger partial charge in [-0.25, -0.2) is 0 Å². The molecule has 0 aliphatic carbocycles. The predicted molar refractivity (Wildman–Crippen MR) is 134 cm³/mol. The zero-order valence-electron chi connectivity index (χ0n) is 18.4. The summed E-state index contributed by atoms with van der Waals surface area (Å²) in [7, 11) is -7.22. The minimum absolute atomic E-state index is 0.0319. The first-order valence-electron chi connectivity index (χ1n) is 9.98. The molecule has 0 saturated carbocycles. The summed E-state index contributed by atoms with van der Waals surface area (Å²) in [6, 6.07) is 12.4. The molecule has 1 aromatic heterocycles. The number of hydrogen-bond donors (Lipinski definition) is 3. The first-order valence-corrected chi connectivity index (χ1v) is 14.1. The van der Waals surface area contributed by atoms with Gasteiger partial charge in [0.25, 0.3) is 10.1 Å². The van der Waals surface area contributed by atoms with Gasteiger partial charge >= 0.3 is 0 Å². The van der Waals surface area contributed by atoms with Crippen LogP contribution in [0.3, 0.4) is 0 Å². The highest BCUT2D eigenvalue weighted by atomic mass is 35.5. The van der Waals surface area contributed by atoms with E-state index in [1.54, 1.807) is 36.6 Å². The van der Waals surface area contributed by atoms with Crippen molar-refractivity contribution in [3.8, 4) is 5.75 Å². The quantitative estimate of drug-likeness (QED) is 0.138. The van der Waals surface area contributed by atoms with Crippen LogP contribution in [0.1, 0.15) is 0 Å². The van der Waals surface area contributed by atoms with E-state index in [2.05, 4.69) is 35.5 Å². The summed E-state index contributed by atoms with van der Waals surface area (Å²) in [5, 5.41) is 26.8. The van der Waals surface area contributed by atoms with E-state index in [4.69, 9.17) is 31.9 Å². The first-order chi connectivity index (χ1) is 17.5. The molecule has 1 saturated heterocycles. The van der Waals surface area contributed by atoms with E-state index >= 15 is 0 Å². The maximum atomic E-state index is 12.0. The Kier molecular flexibility index (Phi) is 6.63. The molecule has 0 spiro atoms. The lowest BCUT2D eigenvalue weighted by Crippen LogP contribution is -2.18. The molecule has 4 aromatic rings. The van der Waals surface area contributed by atoms with Crippen LogP contribution in [0, 0.1) is 0 Å². The van der Waals surface area contributed by atoms with Crippen molar-refractivity contribution < 1.29 is 31.8 Å². The predicted octanol–water partition coefficient (Wildman–Crippen LogP) is 5.96. The van der Waals surface area contributed by atoms with E-state index in [1.165, 1.54) is 6.07 Å². The molecule has 0 amide bonds. The summed E-state index contributed by atoms with van der Waals surface area (Å²) in [6.45, 7) is 0. The van der Waals surface area contributed by atoms with Crippen molar-refractivity contribution in [2.24, 2.45) is 10.2 Å². The van der Waals surface area contributed by atoms with Crippen molar-refractivity contribution in [1.29, 1.82) is 0 Å². The maximum absolute atomic E-state index is 12.0. The summed E-state index contributed by atoms with van der Waals surface area (Å²) in [5.41, 5.74) is 0.427. The summed E-state index contributed by atoms with van der Waals surface area (Å²) < 4.78 is 44.1. The molecule has 192 valence electrons. The van der Waals surface area contributed by atoms with Gasteiger partial charge in [0.05, 0.1) is 21.2 Å². The Morgan fingerprint density at radius 3 is 2.27 bits per heavy atom. The minimum Gasteiger partial charge on any atom is -0.505 e. The normalized spacial score (nSPS) is 16.0. The summed E-state index contributed by atoms with van der Waals surface area (Å²) in [6.07, 6.45) is 1.57. The molecule has 2 heterocycles. The Bertz CT molecular complexity index is 1650. The number of phenols is 1. The van der Waals surface area contributed by atoms with Crippen LogP contribution < -0.4 is 5.32 Å². The highest BCUT2D eigenvalue weighted by Gasteiger charge is 2.36. The third-order valence-corrected chi connectivity index (χ3v) is 7.90. The molecule has 1 fully saturated rings. The Hall–Kier alpha value is -3.15. The van der Waals surface area contributed by atoms with Gasteiger partial charge in [0.15, 0.2) is 11.4 Å². The van der Waals surface area contributed by atoms with Crippen LogP contribution in [0.15, 0.2) is 68.6 Å². The summed E-state index contributed by atoms with van der Waals surface area (Å²) in [4.78, 5) is 11.2. The van der Waals surface area contributed by atoms with Gasteiger partial charge in [-0.05, 0) is 64.0 Å². The molecule has 0 radical (unpaired) electrons. The standard InChI is InChI=1S/C20H14Cl2N6O7S2/c1-36(34-33-35-36)14-8-10-7-12(37(30,31)32)9-13(23-20-25-18(21)24-19(22)26-20)15(10)17(29)16(14)28-27-11-5-3-2-4-6-11/h2-9,29H,1H3,(H,30,31,32)(H,23,24,25,26). The largest absolute Gasteiger partial charge is 0.505 e. The topological polar surface area (TPSA) is 178 Å². The maximum Gasteiger partial charge on any atom is 0.294 e. The molecule has 13 nitrogen and oxygen atoms in total. The summed E-state index contributed by atoms with van der Waals surface area (Å²) >= 11 is 11.7. The van der Waals surface area contributed by atoms with Crippen molar-refractivity contribution in [1.82, 2.24) is 15.0 Å². The number of anilines is 2. The highest BCUT2D eigenvalue weighted by molar-refractivity contribution is 8.25. The molecule has 0 bridgehead atoms. The summed E-state index contributed by atoms with van der Waals surface area (Å²) in [5.74, 6) is -0.581. The number of rotatable bonds is 6. The Balaban J connectivity index is 1.78. The Morgan fingerprint density at radius 1 is 1.00 bits per heavy atom. The zero-order chi connectivity index (χ0) is 26.4. The molecule has 0 atom stereocenters. The zero-order valence-corrected chi connectivity index (χ0v) is 21.5. The average Bonchev–Trinajstić information content (AvgIpc) is 2.81. The molecule has 1 aliphatic heterocycles. The number of nitrogens with zero attached hydrogens (tertiary/aromatic N) is 5. The van der Waals surface area contributed by atoms with Gasteiger partial charge in [-0.3, -0.25) is 4.55 Å². The van der Waals surface area contributed by atoms with Gasteiger partial charge in [-0.1, -0.05) is 37.5 Å². The fraction of sp³-hybridized carbons (Fsp3) is 0.0500. The number of aromatic nitrogens is 3. The van der Waals surface area contributed by atoms with Gasteiger partial charge in [-0.2, -0.15) is 28.5 Å². The second-order valence-corrected chi connectivity index (χ2v) is 11.8. The van der Waals surface area contributed by atoms with Gasteiger partial charge < -0.3 is 10.4 Å². The lowest BCUT2D eigenvalue weighted by molar-refractivity contribution is -0.470. The monoisotopic (exact) mass is 584 g/mol. The van der Waals surface area contributed by atoms with E-state index in [0.29, 0.717) is 5.69 Å². The molecule has 37 heavy (non-hydrogen) atoms. The Morgan fingerprint density at radius 2 is 1.68 bits per heavy atom. The molecular weight excluding hydrogens is 571 g/mol. The number of fused-ring (bicyclic) bond motifs is 1. The minimum atomic E-state index is -4.68. The third-order valence-electron chi connectivity index (χ3n) is 4.99. The van der Waals surface area contributed by atoms with E-state index in [1.807, 2.05) is 0 Å². The number of phenolic OH excluding ortho intramolecular Hbond substituents is 1. The number of nitrogens with one attached hydrogen (secondary N) is 1. The van der Waals surface area contributed by atoms with Crippen LogP contribution in [-0.2, 0) is 23.8 Å². The van der Waals surface area contributed by atoms with E-state index in [-0.39, 0.29) is 43.6 Å². The van der Waals surface area contributed by atoms with Crippen LogP contribution >= 0.6 is 33.8 Å².